The Bertz CT molecular complexity index is 872. The number of nitrogens with zero attached hydrogens (tertiary/aromatic N) is 1. The van der Waals surface area contributed by atoms with Crippen LogP contribution in [0.25, 0.3) is 0 Å². The van der Waals surface area contributed by atoms with Crippen molar-refractivity contribution in [2.24, 2.45) is 0 Å². The summed E-state index contributed by atoms with van der Waals surface area (Å²) in [5, 5.41) is 2.98. The molecule has 0 radical (unpaired) electrons. The molecule has 0 aromatic heterocycles. The Balaban J connectivity index is 1.83. The van der Waals surface area contributed by atoms with Crippen LogP contribution in [0.15, 0.2) is 48.5 Å². The molecular formula is C21H22Cl2N2O4. The minimum atomic E-state index is -0.722. The zero-order valence-corrected chi connectivity index (χ0v) is 17.7. The molecule has 0 aliphatic heterocycles. The third-order valence-electron chi connectivity index (χ3n) is 4.07. The molecule has 8 heteroatoms. The van der Waals surface area contributed by atoms with Crippen LogP contribution in [-0.4, -0.2) is 41.9 Å². The number of rotatable bonds is 8. The maximum absolute atomic E-state index is 12.5. The van der Waals surface area contributed by atoms with Gasteiger partial charge in [0, 0.05) is 17.6 Å². The Morgan fingerprint density at radius 2 is 1.76 bits per heavy atom. The third kappa shape index (κ3) is 7.07. The molecule has 0 spiro atoms. The van der Waals surface area contributed by atoms with Gasteiger partial charge in [0.1, 0.15) is 6.54 Å². The van der Waals surface area contributed by atoms with E-state index >= 15 is 0 Å². The number of hydrogen-bond donors (Lipinski definition) is 1. The van der Waals surface area contributed by atoms with Crippen molar-refractivity contribution in [3.63, 3.8) is 0 Å². The number of esters is 1. The monoisotopic (exact) mass is 436 g/mol. The first-order valence-corrected chi connectivity index (χ1v) is 9.75. The van der Waals surface area contributed by atoms with E-state index in [9.17, 15) is 14.4 Å². The lowest BCUT2D eigenvalue weighted by Gasteiger charge is -2.26. The van der Waals surface area contributed by atoms with E-state index < -0.39 is 18.5 Å². The number of benzene rings is 2. The lowest BCUT2D eigenvalue weighted by molar-refractivity contribution is -0.152. The molecule has 0 unspecified atom stereocenters. The molecule has 0 bridgehead atoms. The van der Waals surface area contributed by atoms with Crippen molar-refractivity contribution in [3.05, 3.63) is 69.7 Å². The van der Waals surface area contributed by atoms with Crippen LogP contribution in [0, 0.1) is 0 Å². The molecule has 0 fully saturated rings. The molecule has 6 nitrogen and oxygen atoms in total. The van der Waals surface area contributed by atoms with Gasteiger partial charge < -0.3 is 15.0 Å². The number of halogens is 2. The number of carbonyl (C=O) groups is 3. The standard InChI is InChI=1S/C21H22Cl2N2O4/c1-14(2)25(12-15-6-4-3-5-7-15)19(26)13-29-20(27)11-24-21(28)17-9-8-16(22)10-18(17)23/h3-10,14H,11-13H2,1-2H3,(H,24,28). The maximum atomic E-state index is 12.5. The normalized spacial score (nSPS) is 10.5. The highest BCUT2D eigenvalue weighted by atomic mass is 35.5. The number of nitrogens with one attached hydrogen (secondary N) is 1. The molecule has 1 N–H and O–H groups in total. The van der Waals surface area contributed by atoms with E-state index in [0.717, 1.165) is 5.56 Å². The predicted octanol–water partition coefficient (Wildman–Crippen LogP) is 3.70. The SMILES string of the molecule is CC(C)N(Cc1ccccc1)C(=O)COC(=O)CNC(=O)c1ccc(Cl)cc1Cl. The van der Waals surface area contributed by atoms with Crippen molar-refractivity contribution < 1.29 is 19.1 Å². The van der Waals surface area contributed by atoms with E-state index in [-0.39, 0.29) is 29.1 Å². The van der Waals surface area contributed by atoms with Crippen LogP contribution >= 0.6 is 23.2 Å². The van der Waals surface area contributed by atoms with Crippen molar-refractivity contribution in [2.75, 3.05) is 13.2 Å². The fourth-order valence-corrected chi connectivity index (χ4v) is 3.03. The second-order valence-corrected chi connectivity index (χ2v) is 7.41. The van der Waals surface area contributed by atoms with Gasteiger partial charge in [0.15, 0.2) is 6.61 Å². The molecule has 2 amide bonds. The maximum Gasteiger partial charge on any atom is 0.325 e. The summed E-state index contributed by atoms with van der Waals surface area (Å²) in [4.78, 5) is 38.1. The van der Waals surface area contributed by atoms with E-state index in [1.165, 1.54) is 18.2 Å². The second kappa shape index (κ2) is 10.8. The van der Waals surface area contributed by atoms with E-state index in [1.54, 1.807) is 4.90 Å². The summed E-state index contributed by atoms with van der Waals surface area (Å²) in [5.41, 5.74) is 1.17. The van der Waals surface area contributed by atoms with Gasteiger partial charge in [0.05, 0.1) is 10.6 Å². The van der Waals surface area contributed by atoms with Crippen LogP contribution in [0.5, 0.6) is 0 Å². The highest BCUT2D eigenvalue weighted by Gasteiger charge is 2.19. The Kier molecular flexibility index (Phi) is 8.49. The molecule has 0 atom stereocenters. The molecule has 29 heavy (non-hydrogen) atoms. The molecule has 2 aromatic rings. The second-order valence-electron chi connectivity index (χ2n) is 6.57. The molecular weight excluding hydrogens is 415 g/mol. The Morgan fingerprint density at radius 3 is 2.38 bits per heavy atom. The van der Waals surface area contributed by atoms with Gasteiger partial charge in [-0.15, -0.1) is 0 Å². The van der Waals surface area contributed by atoms with E-state index in [0.29, 0.717) is 11.6 Å². The van der Waals surface area contributed by atoms with Crippen LogP contribution in [0.1, 0.15) is 29.8 Å². The van der Waals surface area contributed by atoms with Crippen molar-refractivity contribution in [1.82, 2.24) is 10.2 Å². The van der Waals surface area contributed by atoms with Gasteiger partial charge in [-0.2, -0.15) is 0 Å². The predicted molar refractivity (Wildman–Crippen MR) is 112 cm³/mol. The van der Waals surface area contributed by atoms with Gasteiger partial charge in [-0.05, 0) is 37.6 Å². The smallest absolute Gasteiger partial charge is 0.325 e. The van der Waals surface area contributed by atoms with Crippen molar-refractivity contribution in [3.8, 4) is 0 Å². The summed E-state index contributed by atoms with van der Waals surface area (Å²) in [7, 11) is 0. The molecule has 0 aliphatic rings. The molecule has 2 aromatic carbocycles. The largest absolute Gasteiger partial charge is 0.454 e. The lowest BCUT2D eigenvalue weighted by atomic mass is 10.2. The summed E-state index contributed by atoms with van der Waals surface area (Å²) < 4.78 is 5.01. The van der Waals surface area contributed by atoms with Gasteiger partial charge in [-0.1, -0.05) is 53.5 Å². The molecule has 0 saturated heterocycles. The lowest BCUT2D eigenvalue weighted by Crippen LogP contribution is -2.40. The number of hydrogen-bond acceptors (Lipinski definition) is 4. The Morgan fingerprint density at radius 1 is 1.07 bits per heavy atom. The Hall–Kier alpha value is -2.57. The van der Waals surface area contributed by atoms with Gasteiger partial charge >= 0.3 is 5.97 Å². The number of amides is 2. The highest BCUT2D eigenvalue weighted by Crippen LogP contribution is 2.20. The van der Waals surface area contributed by atoms with Crippen LogP contribution in [-0.2, 0) is 20.9 Å². The van der Waals surface area contributed by atoms with Crippen LogP contribution in [0.2, 0.25) is 10.0 Å². The van der Waals surface area contributed by atoms with E-state index in [4.69, 9.17) is 27.9 Å². The average Bonchev–Trinajstić information content (AvgIpc) is 2.69. The minimum Gasteiger partial charge on any atom is -0.454 e. The third-order valence-corrected chi connectivity index (χ3v) is 4.61. The van der Waals surface area contributed by atoms with Crippen LogP contribution in [0.3, 0.4) is 0 Å². The van der Waals surface area contributed by atoms with E-state index in [2.05, 4.69) is 5.32 Å². The summed E-state index contributed by atoms with van der Waals surface area (Å²) >= 11 is 11.8. The molecule has 0 aliphatic carbocycles. The first-order chi connectivity index (χ1) is 13.8. The quantitative estimate of drug-likeness (QED) is 0.639. The fraction of sp³-hybridized carbons (Fsp3) is 0.286. The average molecular weight is 437 g/mol. The summed E-state index contributed by atoms with van der Waals surface area (Å²) in [6.45, 7) is 3.41. The van der Waals surface area contributed by atoms with Crippen molar-refractivity contribution >= 4 is 41.0 Å². The topological polar surface area (TPSA) is 75.7 Å². The number of ether oxygens (including phenoxy) is 1. The molecule has 0 saturated carbocycles. The van der Waals surface area contributed by atoms with Crippen LogP contribution < -0.4 is 5.32 Å². The summed E-state index contributed by atoms with van der Waals surface area (Å²) in [6, 6.07) is 13.9. The van der Waals surface area contributed by atoms with Crippen LogP contribution in [0.4, 0.5) is 0 Å². The fourth-order valence-electron chi connectivity index (χ4n) is 2.54. The van der Waals surface area contributed by atoms with Gasteiger partial charge in [0.2, 0.25) is 0 Å². The first kappa shape index (κ1) is 22.7. The van der Waals surface area contributed by atoms with Crippen molar-refractivity contribution in [1.29, 1.82) is 0 Å². The van der Waals surface area contributed by atoms with Gasteiger partial charge in [0.25, 0.3) is 11.8 Å². The minimum absolute atomic E-state index is 0.0619. The summed E-state index contributed by atoms with van der Waals surface area (Å²) in [5.74, 6) is -1.58. The highest BCUT2D eigenvalue weighted by molar-refractivity contribution is 6.36. The number of carbonyl (C=O) groups excluding carboxylic acids is 3. The summed E-state index contributed by atoms with van der Waals surface area (Å²) in [6.07, 6.45) is 0. The van der Waals surface area contributed by atoms with Gasteiger partial charge in [-0.25, -0.2) is 0 Å². The molecule has 154 valence electrons. The zero-order chi connectivity index (χ0) is 21.4. The molecule has 2 rings (SSSR count). The zero-order valence-electron chi connectivity index (χ0n) is 16.2. The Labute approximate surface area is 179 Å². The van der Waals surface area contributed by atoms with E-state index in [1.807, 2.05) is 44.2 Å². The van der Waals surface area contributed by atoms with Gasteiger partial charge in [-0.3, -0.25) is 14.4 Å². The first-order valence-electron chi connectivity index (χ1n) is 9.00. The van der Waals surface area contributed by atoms with Crippen molar-refractivity contribution in [2.45, 2.75) is 26.4 Å². The molecule has 0 heterocycles.